The molecule has 0 spiro atoms. The van der Waals surface area contributed by atoms with E-state index in [1.807, 2.05) is 19.1 Å². The first-order valence-corrected chi connectivity index (χ1v) is 8.76. The lowest BCUT2D eigenvalue weighted by atomic mass is 9.74. The lowest BCUT2D eigenvalue weighted by molar-refractivity contribution is 0.0234. The molecule has 1 atom stereocenters. The summed E-state index contributed by atoms with van der Waals surface area (Å²) < 4.78 is 7.19. The number of nitrogens with zero attached hydrogens (tertiary/aromatic N) is 2. The van der Waals surface area contributed by atoms with Crippen LogP contribution >= 0.6 is 0 Å². The highest BCUT2D eigenvalue weighted by Gasteiger charge is 2.36. The molecule has 6 nitrogen and oxygen atoms in total. The van der Waals surface area contributed by atoms with Crippen LogP contribution in [0, 0.1) is 12.8 Å². The van der Waals surface area contributed by atoms with Crippen molar-refractivity contribution in [2.24, 2.45) is 13.0 Å². The Morgan fingerprint density at radius 2 is 2.20 bits per heavy atom. The predicted octanol–water partition coefficient (Wildman–Crippen LogP) is 1.91. The third kappa shape index (κ3) is 3.02. The molecule has 1 aliphatic heterocycles. The highest BCUT2D eigenvalue weighted by atomic mass is 16.5. The van der Waals surface area contributed by atoms with Crippen LogP contribution in [-0.2, 0) is 13.5 Å². The molecule has 2 aromatic rings. The first-order chi connectivity index (χ1) is 12.0. The van der Waals surface area contributed by atoms with Gasteiger partial charge >= 0.3 is 0 Å². The van der Waals surface area contributed by atoms with Crippen LogP contribution in [-0.4, -0.2) is 33.5 Å². The van der Waals surface area contributed by atoms with Crippen molar-refractivity contribution in [3.05, 3.63) is 46.8 Å². The van der Waals surface area contributed by atoms with E-state index in [-0.39, 0.29) is 24.0 Å². The van der Waals surface area contributed by atoms with Crippen molar-refractivity contribution in [2.75, 3.05) is 6.61 Å². The Kier molecular flexibility index (Phi) is 4.00. The van der Waals surface area contributed by atoms with E-state index in [4.69, 9.17) is 4.74 Å². The minimum Gasteiger partial charge on any atom is -0.493 e. The summed E-state index contributed by atoms with van der Waals surface area (Å²) in [6.45, 7) is 2.59. The number of amides is 1. The molecule has 1 fully saturated rings. The normalized spacial score (nSPS) is 22.7. The van der Waals surface area contributed by atoms with Gasteiger partial charge in [0, 0.05) is 13.5 Å². The molecule has 1 unspecified atom stereocenters. The highest BCUT2D eigenvalue weighted by Crippen LogP contribution is 2.39. The number of rotatable bonds is 4. The Morgan fingerprint density at radius 3 is 2.88 bits per heavy atom. The second-order valence-corrected chi connectivity index (χ2v) is 7.10. The molecule has 1 aliphatic carbocycles. The van der Waals surface area contributed by atoms with Crippen molar-refractivity contribution in [1.82, 2.24) is 15.1 Å². The second-order valence-electron chi connectivity index (χ2n) is 7.10. The molecule has 2 N–H and O–H groups in total. The van der Waals surface area contributed by atoms with Crippen LogP contribution in [0.15, 0.2) is 24.3 Å². The number of nitrogens with one attached hydrogen (secondary N) is 1. The van der Waals surface area contributed by atoms with Gasteiger partial charge in [-0.25, -0.2) is 0 Å². The van der Waals surface area contributed by atoms with Crippen LogP contribution in [0.4, 0.5) is 0 Å². The Hall–Kier alpha value is -2.34. The topological polar surface area (TPSA) is 76.4 Å². The van der Waals surface area contributed by atoms with Crippen molar-refractivity contribution in [1.29, 1.82) is 0 Å². The molecule has 0 bridgehead atoms. The van der Waals surface area contributed by atoms with Gasteiger partial charge < -0.3 is 15.2 Å². The maximum absolute atomic E-state index is 12.8. The summed E-state index contributed by atoms with van der Waals surface area (Å²) in [5.74, 6) is 1.05. The number of hydrogen-bond acceptors (Lipinski definition) is 4. The number of hydrogen-bond donors (Lipinski definition) is 2. The second kappa shape index (κ2) is 6.19. The summed E-state index contributed by atoms with van der Waals surface area (Å²) >= 11 is 0. The van der Waals surface area contributed by atoms with Crippen LogP contribution in [0.25, 0.3) is 0 Å². The van der Waals surface area contributed by atoms with E-state index in [9.17, 15) is 9.90 Å². The van der Waals surface area contributed by atoms with E-state index < -0.39 is 0 Å². The van der Waals surface area contributed by atoms with Gasteiger partial charge in [-0.3, -0.25) is 9.48 Å². The van der Waals surface area contributed by atoms with Gasteiger partial charge in [0.1, 0.15) is 11.4 Å². The quantitative estimate of drug-likeness (QED) is 0.891. The zero-order valence-corrected chi connectivity index (χ0v) is 14.5. The maximum Gasteiger partial charge on any atom is 0.270 e. The van der Waals surface area contributed by atoms with Gasteiger partial charge in [0.25, 0.3) is 5.91 Å². The molecule has 1 aromatic heterocycles. The molecule has 2 aliphatic rings. The standard InChI is InChI=1S/C19H23N3O3/c1-11-7-16(22(2)21-11)19(24)20-18(14-9-15(23)10-14)13-3-4-17-12(8-13)5-6-25-17/h3-4,7-8,14-15,18,23H,5-6,9-10H2,1-2H3,(H,20,24). The molecule has 0 saturated heterocycles. The zero-order valence-electron chi connectivity index (χ0n) is 14.5. The van der Waals surface area contributed by atoms with Gasteiger partial charge in [0.05, 0.1) is 24.4 Å². The number of carbonyl (C=O) groups is 1. The van der Waals surface area contributed by atoms with E-state index in [2.05, 4.69) is 16.5 Å². The van der Waals surface area contributed by atoms with E-state index in [0.717, 1.165) is 23.4 Å². The fraction of sp³-hybridized carbons (Fsp3) is 0.474. The Bertz CT molecular complexity index is 808. The molecule has 1 aromatic carbocycles. The molecule has 1 amide bonds. The number of carbonyl (C=O) groups excluding carboxylic acids is 1. The van der Waals surface area contributed by atoms with E-state index in [1.165, 1.54) is 5.56 Å². The van der Waals surface area contributed by atoms with Crippen LogP contribution in [0.3, 0.4) is 0 Å². The number of fused-ring (bicyclic) bond motifs is 1. The third-order valence-corrected chi connectivity index (χ3v) is 5.21. The average molecular weight is 341 g/mol. The lowest BCUT2D eigenvalue weighted by Crippen LogP contribution is -2.41. The SMILES string of the molecule is Cc1cc(C(=O)NC(c2ccc3c(c2)CCO3)C2CC(O)C2)n(C)n1. The summed E-state index contributed by atoms with van der Waals surface area (Å²) in [6, 6.07) is 7.82. The fourth-order valence-corrected chi connectivity index (χ4v) is 3.81. The van der Waals surface area contributed by atoms with E-state index in [1.54, 1.807) is 17.8 Å². The lowest BCUT2D eigenvalue weighted by Gasteiger charge is -2.38. The Morgan fingerprint density at radius 1 is 1.40 bits per heavy atom. The molecule has 0 radical (unpaired) electrons. The van der Waals surface area contributed by atoms with Crippen molar-refractivity contribution < 1.29 is 14.6 Å². The largest absolute Gasteiger partial charge is 0.493 e. The zero-order chi connectivity index (χ0) is 17.6. The van der Waals surface area contributed by atoms with Crippen LogP contribution in [0.5, 0.6) is 5.75 Å². The van der Waals surface area contributed by atoms with Crippen molar-refractivity contribution in [3.63, 3.8) is 0 Å². The van der Waals surface area contributed by atoms with Gasteiger partial charge in [0.2, 0.25) is 0 Å². The van der Waals surface area contributed by atoms with E-state index >= 15 is 0 Å². The molecule has 6 heteroatoms. The molecule has 1 saturated carbocycles. The smallest absolute Gasteiger partial charge is 0.270 e. The van der Waals surface area contributed by atoms with Crippen molar-refractivity contribution >= 4 is 5.91 Å². The molecule has 132 valence electrons. The summed E-state index contributed by atoms with van der Waals surface area (Å²) in [7, 11) is 1.77. The van der Waals surface area contributed by atoms with Crippen molar-refractivity contribution in [2.45, 2.75) is 38.3 Å². The number of aliphatic hydroxyl groups is 1. The number of benzene rings is 1. The van der Waals surface area contributed by atoms with Gasteiger partial charge in [-0.1, -0.05) is 6.07 Å². The molecule has 2 heterocycles. The van der Waals surface area contributed by atoms with Crippen LogP contribution in [0.1, 0.15) is 46.2 Å². The summed E-state index contributed by atoms with van der Waals surface area (Å²) in [5.41, 5.74) is 3.63. The Balaban J connectivity index is 1.60. The maximum atomic E-state index is 12.8. The van der Waals surface area contributed by atoms with Gasteiger partial charge in [0.15, 0.2) is 0 Å². The van der Waals surface area contributed by atoms with Crippen molar-refractivity contribution in [3.8, 4) is 5.75 Å². The van der Waals surface area contributed by atoms with Gasteiger partial charge in [-0.15, -0.1) is 0 Å². The molecule has 25 heavy (non-hydrogen) atoms. The molecule has 4 rings (SSSR count). The number of ether oxygens (including phenoxy) is 1. The summed E-state index contributed by atoms with van der Waals surface area (Å²) in [5, 5.41) is 17.1. The highest BCUT2D eigenvalue weighted by molar-refractivity contribution is 5.93. The Labute approximate surface area is 146 Å². The number of aromatic nitrogens is 2. The van der Waals surface area contributed by atoms with Gasteiger partial charge in [-0.05, 0) is 55.0 Å². The fourth-order valence-electron chi connectivity index (χ4n) is 3.81. The first-order valence-electron chi connectivity index (χ1n) is 8.76. The minimum atomic E-state index is -0.263. The first kappa shape index (κ1) is 16.1. The van der Waals surface area contributed by atoms with Crippen LogP contribution in [0.2, 0.25) is 0 Å². The third-order valence-electron chi connectivity index (χ3n) is 5.21. The number of aryl methyl sites for hydroxylation is 2. The predicted molar refractivity (Wildman–Crippen MR) is 92.5 cm³/mol. The van der Waals surface area contributed by atoms with Gasteiger partial charge in [-0.2, -0.15) is 5.10 Å². The van der Waals surface area contributed by atoms with E-state index in [0.29, 0.717) is 25.1 Å². The molecular formula is C19H23N3O3. The average Bonchev–Trinajstić information content (AvgIpc) is 3.14. The number of aliphatic hydroxyl groups excluding tert-OH is 1. The minimum absolute atomic E-state index is 0.114. The summed E-state index contributed by atoms with van der Waals surface area (Å²) in [4.78, 5) is 12.8. The molecular weight excluding hydrogens is 318 g/mol. The monoisotopic (exact) mass is 341 g/mol. The van der Waals surface area contributed by atoms with Crippen LogP contribution < -0.4 is 10.1 Å². The summed E-state index contributed by atoms with van der Waals surface area (Å²) in [6.07, 6.45) is 2.06.